The first kappa shape index (κ1) is 12.1. The third-order valence-electron chi connectivity index (χ3n) is 2.50. The highest BCUT2D eigenvalue weighted by Crippen LogP contribution is 2.32. The van der Waals surface area contributed by atoms with Crippen molar-refractivity contribution in [2.24, 2.45) is 0 Å². The van der Waals surface area contributed by atoms with Crippen LogP contribution in [0.3, 0.4) is 0 Å². The van der Waals surface area contributed by atoms with E-state index in [0.29, 0.717) is 5.88 Å². The van der Waals surface area contributed by atoms with Crippen LogP contribution < -0.4 is 10.1 Å². The average Bonchev–Trinajstić information content (AvgIpc) is 2.78. The van der Waals surface area contributed by atoms with Gasteiger partial charge in [0.2, 0.25) is 5.88 Å². The van der Waals surface area contributed by atoms with Crippen LogP contribution in [0.4, 0.5) is 0 Å². The Balaban J connectivity index is 2.46. The fourth-order valence-corrected chi connectivity index (χ4v) is 2.16. The molecular weight excluding hydrogens is 284 g/mol. The molecule has 1 atom stereocenters. The summed E-state index contributed by atoms with van der Waals surface area (Å²) in [4.78, 5) is 4.19. The summed E-state index contributed by atoms with van der Waals surface area (Å²) in [5, 5.41) is 3.19. The van der Waals surface area contributed by atoms with Gasteiger partial charge in [-0.1, -0.05) is 6.07 Å². The van der Waals surface area contributed by atoms with Crippen LogP contribution in [0, 0.1) is 0 Å². The van der Waals surface area contributed by atoms with Crippen LogP contribution in [-0.4, -0.2) is 19.1 Å². The maximum absolute atomic E-state index is 5.48. The standard InChI is InChI=1S/C12H13BrN2O2/c1-14-10(11-9(13)5-7-17-11)8-4-3-6-15-12(8)16-2/h3-7,10,14H,1-2H3. The second kappa shape index (κ2) is 5.33. The van der Waals surface area contributed by atoms with Crippen LogP contribution in [0.1, 0.15) is 17.4 Å². The third kappa shape index (κ3) is 2.35. The molecule has 0 saturated heterocycles. The van der Waals surface area contributed by atoms with E-state index in [1.807, 2.05) is 25.2 Å². The molecule has 5 heteroatoms. The molecule has 2 heterocycles. The predicted molar refractivity (Wildman–Crippen MR) is 68.1 cm³/mol. The first-order valence-electron chi connectivity index (χ1n) is 5.17. The largest absolute Gasteiger partial charge is 0.481 e. The minimum Gasteiger partial charge on any atom is -0.481 e. The Morgan fingerprint density at radius 2 is 2.29 bits per heavy atom. The van der Waals surface area contributed by atoms with Gasteiger partial charge in [-0.05, 0) is 35.1 Å². The number of ether oxygens (including phenoxy) is 1. The van der Waals surface area contributed by atoms with Crippen molar-refractivity contribution in [2.45, 2.75) is 6.04 Å². The van der Waals surface area contributed by atoms with Crippen molar-refractivity contribution < 1.29 is 9.15 Å². The Hall–Kier alpha value is -1.33. The lowest BCUT2D eigenvalue weighted by Gasteiger charge is -2.16. The van der Waals surface area contributed by atoms with Crippen LogP contribution in [-0.2, 0) is 0 Å². The Labute approximate surface area is 108 Å². The van der Waals surface area contributed by atoms with E-state index in [9.17, 15) is 0 Å². The van der Waals surface area contributed by atoms with Gasteiger partial charge in [0.1, 0.15) is 5.76 Å². The smallest absolute Gasteiger partial charge is 0.218 e. The molecule has 0 aliphatic heterocycles. The Bertz CT molecular complexity index is 499. The molecule has 1 unspecified atom stereocenters. The molecule has 0 aromatic carbocycles. The van der Waals surface area contributed by atoms with Gasteiger partial charge in [0, 0.05) is 11.8 Å². The number of methoxy groups -OCH3 is 1. The monoisotopic (exact) mass is 296 g/mol. The van der Waals surface area contributed by atoms with Gasteiger partial charge in [-0.3, -0.25) is 0 Å². The summed E-state index contributed by atoms with van der Waals surface area (Å²) in [6.07, 6.45) is 3.35. The summed E-state index contributed by atoms with van der Waals surface area (Å²) >= 11 is 3.46. The molecule has 0 saturated carbocycles. The predicted octanol–water partition coefficient (Wildman–Crippen LogP) is 2.75. The highest BCUT2D eigenvalue weighted by Gasteiger charge is 2.22. The molecule has 1 N–H and O–H groups in total. The molecule has 2 aromatic rings. The van der Waals surface area contributed by atoms with Crippen LogP contribution >= 0.6 is 15.9 Å². The van der Waals surface area contributed by atoms with Gasteiger partial charge in [-0.25, -0.2) is 4.98 Å². The zero-order valence-electron chi connectivity index (χ0n) is 9.61. The summed E-state index contributed by atoms with van der Waals surface area (Å²) in [7, 11) is 3.47. The molecule has 0 fully saturated rings. The summed E-state index contributed by atoms with van der Waals surface area (Å²) in [5.41, 5.74) is 0.938. The molecule has 0 spiro atoms. The first-order chi connectivity index (χ1) is 8.27. The van der Waals surface area contributed by atoms with Crippen LogP contribution in [0.15, 0.2) is 39.5 Å². The summed E-state index contributed by atoms with van der Waals surface area (Å²) in [5.74, 6) is 1.40. The number of hydrogen-bond donors (Lipinski definition) is 1. The van der Waals surface area contributed by atoms with E-state index in [1.165, 1.54) is 0 Å². The summed E-state index contributed by atoms with van der Waals surface area (Å²) in [6.45, 7) is 0. The highest BCUT2D eigenvalue weighted by atomic mass is 79.9. The highest BCUT2D eigenvalue weighted by molar-refractivity contribution is 9.10. The second-order valence-corrected chi connectivity index (χ2v) is 4.31. The molecule has 17 heavy (non-hydrogen) atoms. The van der Waals surface area contributed by atoms with E-state index < -0.39 is 0 Å². The van der Waals surface area contributed by atoms with Crippen molar-refractivity contribution in [2.75, 3.05) is 14.2 Å². The van der Waals surface area contributed by atoms with Gasteiger partial charge in [-0.2, -0.15) is 0 Å². The van der Waals surface area contributed by atoms with Gasteiger partial charge in [0.25, 0.3) is 0 Å². The lowest BCUT2D eigenvalue weighted by Crippen LogP contribution is -2.18. The zero-order valence-corrected chi connectivity index (χ0v) is 11.2. The number of aromatic nitrogens is 1. The number of hydrogen-bond acceptors (Lipinski definition) is 4. The van der Waals surface area contributed by atoms with Crippen molar-refractivity contribution >= 4 is 15.9 Å². The van der Waals surface area contributed by atoms with E-state index in [0.717, 1.165) is 15.8 Å². The first-order valence-corrected chi connectivity index (χ1v) is 5.96. The Kier molecular flexibility index (Phi) is 3.81. The molecule has 4 nitrogen and oxygen atoms in total. The number of furan rings is 1. The molecular formula is C12H13BrN2O2. The fourth-order valence-electron chi connectivity index (χ4n) is 1.73. The molecule has 0 radical (unpaired) electrons. The number of nitrogens with one attached hydrogen (secondary N) is 1. The van der Waals surface area contributed by atoms with Crippen molar-refractivity contribution in [1.29, 1.82) is 0 Å². The average molecular weight is 297 g/mol. The lowest BCUT2D eigenvalue weighted by molar-refractivity contribution is 0.381. The lowest BCUT2D eigenvalue weighted by atomic mass is 10.1. The normalized spacial score (nSPS) is 12.4. The van der Waals surface area contributed by atoms with Crippen molar-refractivity contribution in [3.8, 4) is 5.88 Å². The Morgan fingerprint density at radius 3 is 2.88 bits per heavy atom. The number of nitrogens with zero attached hydrogens (tertiary/aromatic N) is 1. The third-order valence-corrected chi connectivity index (χ3v) is 3.16. The van der Waals surface area contributed by atoms with Gasteiger partial charge in [-0.15, -0.1) is 0 Å². The van der Waals surface area contributed by atoms with Gasteiger partial charge in [0.05, 0.1) is 23.9 Å². The summed E-state index contributed by atoms with van der Waals surface area (Å²) < 4.78 is 11.7. The molecule has 90 valence electrons. The van der Waals surface area contributed by atoms with E-state index >= 15 is 0 Å². The minimum absolute atomic E-state index is 0.0944. The zero-order chi connectivity index (χ0) is 12.3. The van der Waals surface area contributed by atoms with Crippen molar-refractivity contribution in [3.05, 3.63) is 46.5 Å². The van der Waals surface area contributed by atoms with E-state index in [-0.39, 0.29) is 6.04 Å². The molecule has 2 aromatic heterocycles. The van der Waals surface area contributed by atoms with Crippen LogP contribution in [0.2, 0.25) is 0 Å². The van der Waals surface area contributed by atoms with E-state index in [1.54, 1.807) is 19.6 Å². The second-order valence-electron chi connectivity index (χ2n) is 3.46. The molecule has 0 aliphatic carbocycles. The topological polar surface area (TPSA) is 47.3 Å². The van der Waals surface area contributed by atoms with Crippen molar-refractivity contribution in [1.82, 2.24) is 10.3 Å². The maximum atomic E-state index is 5.48. The maximum Gasteiger partial charge on any atom is 0.218 e. The number of pyridine rings is 1. The summed E-state index contributed by atoms with van der Waals surface area (Å²) in [6, 6.07) is 5.60. The van der Waals surface area contributed by atoms with Gasteiger partial charge in [0.15, 0.2) is 0 Å². The Morgan fingerprint density at radius 1 is 1.47 bits per heavy atom. The molecule has 0 amide bonds. The SMILES string of the molecule is CNC(c1cccnc1OC)c1occc1Br. The number of rotatable bonds is 4. The molecule has 0 aliphatic rings. The molecule has 2 rings (SSSR count). The number of halogens is 1. The van der Waals surface area contributed by atoms with Crippen LogP contribution in [0.25, 0.3) is 0 Å². The van der Waals surface area contributed by atoms with Gasteiger partial charge >= 0.3 is 0 Å². The minimum atomic E-state index is -0.0944. The van der Waals surface area contributed by atoms with E-state index in [4.69, 9.17) is 9.15 Å². The van der Waals surface area contributed by atoms with Crippen LogP contribution in [0.5, 0.6) is 5.88 Å². The van der Waals surface area contributed by atoms with Gasteiger partial charge < -0.3 is 14.5 Å². The quantitative estimate of drug-likeness (QED) is 0.942. The van der Waals surface area contributed by atoms with Crippen molar-refractivity contribution in [3.63, 3.8) is 0 Å². The fraction of sp³-hybridized carbons (Fsp3) is 0.250. The molecule has 0 bridgehead atoms. The van der Waals surface area contributed by atoms with E-state index in [2.05, 4.69) is 26.2 Å².